The molecular formula is C15H12BrCl2NO. The molecule has 0 heterocycles. The fourth-order valence-corrected chi connectivity index (χ4v) is 2.72. The summed E-state index contributed by atoms with van der Waals surface area (Å²) in [6, 6.07) is 6.86. The van der Waals surface area contributed by atoms with Gasteiger partial charge >= 0.3 is 0 Å². The zero-order chi connectivity index (χ0) is 15.0. The van der Waals surface area contributed by atoms with E-state index in [4.69, 9.17) is 28.9 Å². The summed E-state index contributed by atoms with van der Waals surface area (Å²) in [5.41, 5.74) is 8.99. The number of carbonyl (C=O) groups excluding carboxylic acids is 1. The first-order valence-corrected chi connectivity index (χ1v) is 7.42. The molecule has 0 saturated heterocycles. The second-order valence-corrected chi connectivity index (χ2v) is 6.25. The summed E-state index contributed by atoms with van der Waals surface area (Å²) in [7, 11) is 0. The minimum absolute atomic E-state index is 0.122. The highest BCUT2D eigenvalue weighted by Crippen LogP contribution is 2.31. The third kappa shape index (κ3) is 2.85. The van der Waals surface area contributed by atoms with Gasteiger partial charge in [0.15, 0.2) is 5.78 Å². The SMILES string of the molecule is Cc1cc(C(=O)c2cc(N)c(Cl)c(Cl)c2)c(C)cc1Br. The Bertz CT molecular complexity index is 690. The monoisotopic (exact) mass is 371 g/mol. The quantitative estimate of drug-likeness (QED) is 0.582. The predicted octanol–water partition coefficient (Wildman–Crippen LogP) is 5.19. The van der Waals surface area contributed by atoms with Crippen molar-refractivity contribution in [2.45, 2.75) is 13.8 Å². The van der Waals surface area contributed by atoms with Gasteiger partial charge in [-0.2, -0.15) is 0 Å². The summed E-state index contributed by atoms with van der Waals surface area (Å²) in [6.45, 7) is 3.82. The average molecular weight is 373 g/mol. The predicted molar refractivity (Wildman–Crippen MR) is 87.9 cm³/mol. The number of anilines is 1. The van der Waals surface area contributed by atoms with E-state index in [0.29, 0.717) is 16.8 Å². The number of ketones is 1. The number of halogens is 3. The normalized spacial score (nSPS) is 10.7. The highest BCUT2D eigenvalue weighted by Gasteiger charge is 2.16. The minimum Gasteiger partial charge on any atom is -0.397 e. The molecule has 0 aliphatic rings. The molecule has 0 amide bonds. The average Bonchev–Trinajstić information content (AvgIpc) is 2.38. The van der Waals surface area contributed by atoms with Crippen molar-refractivity contribution in [3.05, 3.63) is 61.0 Å². The fraction of sp³-hybridized carbons (Fsp3) is 0.133. The van der Waals surface area contributed by atoms with Gasteiger partial charge in [-0.25, -0.2) is 0 Å². The summed E-state index contributed by atoms with van der Waals surface area (Å²) < 4.78 is 0.972. The van der Waals surface area contributed by atoms with Gasteiger partial charge in [0.25, 0.3) is 0 Å². The van der Waals surface area contributed by atoms with Gasteiger partial charge in [0.05, 0.1) is 15.7 Å². The molecule has 0 aromatic heterocycles. The van der Waals surface area contributed by atoms with Gasteiger partial charge < -0.3 is 5.73 Å². The number of nitrogens with two attached hydrogens (primary N) is 1. The minimum atomic E-state index is -0.122. The van der Waals surface area contributed by atoms with E-state index in [9.17, 15) is 4.79 Å². The summed E-state index contributed by atoms with van der Waals surface area (Å²) >= 11 is 15.3. The van der Waals surface area contributed by atoms with Gasteiger partial charge in [-0.05, 0) is 49.2 Å². The van der Waals surface area contributed by atoms with E-state index in [0.717, 1.165) is 15.6 Å². The van der Waals surface area contributed by atoms with Crippen LogP contribution in [-0.4, -0.2) is 5.78 Å². The van der Waals surface area contributed by atoms with Crippen LogP contribution < -0.4 is 5.73 Å². The number of carbonyl (C=O) groups is 1. The van der Waals surface area contributed by atoms with Crippen LogP contribution in [0.25, 0.3) is 0 Å². The first-order chi connectivity index (χ1) is 9.31. The molecule has 0 spiro atoms. The Morgan fingerprint density at radius 3 is 2.35 bits per heavy atom. The van der Waals surface area contributed by atoms with Gasteiger partial charge in [-0.3, -0.25) is 4.79 Å². The largest absolute Gasteiger partial charge is 0.397 e. The number of hydrogen-bond donors (Lipinski definition) is 1. The maximum Gasteiger partial charge on any atom is 0.193 e. The Balaban J connectivity index is 2.55. The van der Waals surface area contributed by atoms with E-state index in [1.54, 1.807) is 12.1 Å². The van der Waals surface area contributed by atoms with Gasteiger partial charge in [0.2, 0.25) is 0 Å². The molecule has 2 rings (SSSR count). The van der Waals surface area contributed by atoms with Crippen LogP contribution in [0.15, 0.2) is 28.7 Å². The molecule has 104 valence electrons. The van der Waals surface area contributed by atoms with Crippen LogP contribution in [0.4, 0.5) is 5.69 Å². The molecule has 0 saturated carbocycles. The van der Waals surface area contributed by atoms with Crippen molar-refractivity contribution in [2.24, 2.45) is 0 Å². The molecule has 0 aliphatic heterocycles. The van der Waals surface area contributed by atoms with Gasteiger partial charge in [-0.15, -0.1) is 0 Å². The van der Waals surface area contributed by atoms with Crippen LogP contribution >= 0.6 is 39.1 Å². The Morgan fingerprint density at radius 2 is 1.75 bits per heavy atom. The zero-order valence-electron chi connectivity index (χ0n) is 10.9. The van der Waals surface area contributed by atoms with Crippen molar-refractivity contribution in [1.82, 2.24) is 0 Å². The van der Waals surface area contributed by atoms with Crippen LogP contribution in [0.3, 0.4) is 0 Å². The standard InChI is InChI=1S/C15H12BrCl2NO/c1-7-4-11(16)8(2)3-10(7)15(20)9-5-12(17)14(18)13(19)6-9/h3-6H,19H2,1-2H3. The Morgan fingerprint density at radius 1 is 1.10 bits per heavy atom. The third-order valence-electron chi connectivity index (χ3n) is 3.07. The fourth-order valence-electron chi connectivity index (χ4n) is 1.92. The van der Waals surface area contributed by atoms with Crippen molar-refractivity contribution in [1.29, 1.82) is 0 Å². The molecule has 2 aromatic rings. The molecular weight excluding hydrogens is 361 g/mol. The lowest BCUT2D eigenvalue weighted by molar-refractivity contribution is 0.103. The maximum atomic E-state index is 12.6. The Kier molecular flexibility index (Phi) is 4.43. The van der Waals surface area contributed by atoms with E-state index in [1.165, 1.54) is 0 Å². The van der Waals surface area contributed by atoms with Gasteiger partial charge in [0, 0.05) is 15.6 Å². The Labute approximate surface area is 136 Å². The van der Waals surface area contributed by atoms with E-state index in [2.05, 4.69) is 15.9 Å². The van der Waals surface area contributed by atoms with Crippen molar-refractivity contribution in [3.63, 3.8) is 0 Å². The lowest BCUT2D eigenvalue weighted by Gasteiger charge is -2.10. The summed E-state index contributed by atoms with van der Waals surface area (Å²) in [5.74, 6) is -0.122. The molecule has 0 unspecified atom stereocenters. The van der Waals surface area contributed by atoms with Gasteiger partial charge in [-0.1, -0.05) is 39.1 Å². The van der Waals surface area contributed by atoms with E-state index in [1.807, 2.05) is 26.0 Å². The van der Waals surface area contributed by atoms with E-state index < -0.39 is 0 Å². The second-order valence-electron chi connectivity index (χ2n) is 4.61. The topological polar surface area (TPSA) is 43.1 Å². The summed E-state index contributed by atoms with van der Waals surface area (Å²) in [5, 5.41) is 0.549. The molecule has 2 N–H and O–H groups in total. The van der Waals surface area contributed by atoms with Crippen molar-refractivity contribution in [2.75, 3.05) is 5.73 Å². The van der Waals surface area contributed by atoms with Crippen molar-refractivity contribution in [3.8, 4) is 0 Å². The van der Waals surface area contributed by atoms with Crippen LogP contribution in [0.2, 0.25) is 10.0 Å². The highest BCUT2D eigenvalue weighted by molar-refractivity contribution is 9.10. The number of rotatable bonds is 2. The third-order valence-corrected chi connectivity index (χ3v) is 4.74. The first-order valence-electron chi connectivity index (χ1n) is 5.87. The number of aryl methyl sites for hydroxylation is 2. The molecule has 20 heavy (non-hydrogen) atoms. The van der Waals surface area contributed by atoms with Gasteiger partial charge in [0.1, 0.15) is 0 Å². The van der Waals surface area contributed by atoms with Crippen LogP contribution in [0, 0.1) is 13.8 Å². The molecule has 0 fully saturated rings. The molecule has 0 atom stereocenters. The van der Waals surface area contributed by atoms with Crippen LogP contribution in [0.1, 0.15) is 27.0 Å². The number of benzene rings is 2. The van der Waals surface area contributed by atoms with Crippen LogP contribution in [-0.2, 0) is 0 Å². The zero-order valence-corrected chi connectivity index (χ0v) is 14.0. The first kappa shape index (κ1) is 15.4. The van der Waals surface area contributed by atoms with E-state index in [-0.39, 0.29) is 15.8 Å². The molecule has 2 nitrogen and oxygen atoms in total. The summed E-state index contributed by atoms with van der Waals surface area (Å²) in [4.78, 5) is 12.6. The lowest BCUT2D eigenvalue weighted by Crippen LogP contribution is -2.05. The summed E-state index contributed by atoms with van der Waals surface area (Å²) in [6.07, 6.45) is 0. The lowest BCUT2D eigenvalue weighted by atomic mass is 9.97. The second kappa shape index (κ2) is 5.76. The van der Waals surface area contributed by atoms with Crippen LogP contribution in [0.5, 0.6) is 0 Å². The molecule has 0 bridgehead atoms. The van der Waals surface area contributed by atoms with E-state index >= 15 is 0 Å². The molecule has 2 aromatic carbocycles. The molecule has 5 heteroatoms. The maximum absolute atomic E-state index is 12.6. The van der Waals surface area contributed by atoms with Crippen molar-refractivity contribution < 1.29 is 4.79 Å². The number of nitrogen functional groups attached to an aromatic ring is 1. The molecule has 0 aliphatic carbocycles. The van der Waals surface area contributed by atoms with Crippen molar-refractivity contribution >= 4 is 50.6 Å². The smallest absolute Gasteiger partial charge is 0.193 e. The number of hydrogen-bond acceptors (Lipinski definition) is 2. The molecule has 0 radical (unpaired) electrons. The Hall–Kier alpha value is -1.03. The highest BCUT2D eigenvalue weighted by atomic mass is 79.9.